The van der Waals surface area contributed by atoms with E-state index in [1.807, 2.05) is 5.57 Å². The van der Waals surface area contributed by atoms with Crippen molar-refractivity contribution in [2.24, 2.45) is 50.2 Å². The second-order valence-corrected chi connectivity index (χ2v) is 15.8. The van der Waals surface area contributed by atoms with E-state index in [-0.39, 0.29) is 17.5 Å². The molecule has 5 aliphatic rings. The second-order valence-electron chi connectivity index (χ2n) is 15.8. The van der Waals surface area contributed by atoms with E-state index in [9.17, 15) is 4.79 Å². The van der Waals surface area contributed by atoms with Gasteiger partial charge in [-0.05, 0) is 109 Å². The quantitative estimate of drug-likeness (QED) is 0.284. The second kappa shape index (κ2) is 7.38. The minimum atomic E-state index is -0.110. The summed E-state index contributed by atoms with van der Waals surface area (Å²) in [4.78, 5) is 11.9. The third-order valence-corrected chi connectivity index (χ3v) is 13.3. The van der Waals surface area contributed by atoms with Crippen LogP contribution in [0, 0.1) is 50.2 Å². The molecule has 34 heavy (non-hydrogen) atoms. The number of fused-ring (bicyclic) bond motifs is 7. The highest BCUT2D eigenvalue weighted by molar-refractivity contribution is 5.66. The van der Waals surface area contributed by atoms with E-state index in [0.29, 0.717) is 33.0 Å². The Kier molecular flexibility index (Phi) is 5.40. The standard InChI is InChI=1S/C32H52O2/c1-21(33)34-26-13-14-30(7)24(28(26,4)5)12-15-32(9)25(30)11-10-22-23-20-27(2,3)16-17-29(23,6)18-19-31(22,32)8/h10,23-26H,11-20H2,1-9H3/t23-,24-,25+,26-,29-,30-,31+,32+/m0/s1. The van der Waals surface area contributed by atoms with Gasteiger partial charge in [0.05, 0.1) is 0 Å². The molecule has 5 aliphatic carbocycles. The van der Waals surface area contributed by atoms with Gasteiger partial charge in [-0.15, -0.1) is 0 Å². The van der Waals surface area contributed by atoms with Crippen molar-refractivity contribution < 1.29 is 9.53 Å². The van der Waals surface area contributed by atoms with E-state index in [1.54, 1.807) is 6.92 Å². The Bertz CT molecular complexity index is 897. The van der Waals surface area contributed by atoms with E-state index in [4.69, 9.17) is 4.74 Å². The van der Waals surface area contributed by atoms with Gasteiger partial charge in [0, 0.05) is 12.3 Å². The van der Waals surface area contributed by atoms with E-state index >= 15 is 0 Å². The molecule has 0 saturated heterocycles. The molecule has 2 nitrogen and oxygen atoms in total. The lowest BCUT2D eigenvalue weighted by Crippen LogP contribution is -2.64. The number of allylic oxidation sites excluding steroid dienone is 2. The van der Waals surface area contributed by atoms with E-state index in [1.165, 1.54) is 57.8 Å². The number of esters is 1. The zero-order chi connectivity index (χ0) is 24.9. The average molecular weight is 469 g/mol. The van der Waals surface area contributed by atoms with Gasteiger partial charge in [0.15, 0.2) is 0 Å². The molecule has 4 fully saturated rings. The molecule has 8 atom stereocenters. The van der Waals surface area contributed by atoms with Crippen LogP contribution in [0.5, 0.6) is 0 Å². The van der Waals surface area contributed by atoms with Crippen LogP contribution >= 0.6 is 0 Å². The Hall–Kier alpha value is -0.790. The highest BCUT2D eigenvalue weighted by atomic mass is 16.5. The Balaban J connectivity index is 1.53. The van der Waals surface area contributed by atoms with Crippen LogP contribution < -0.4 is 0 Å². The molecule has 0 heterocycles. The van der Waals surface area contributed by atoms with Gasteiger partial charge in [-0.25, -0.2) is 0 Å². The summed E-state index contributed by atoms with van der Waals surface area (Å²) >= 11 is 0. The van der Waals surface area contributed by atoms with Crippen LogP contribution in [0.2, 0.25) is 0 Å². The maximum atomic E-state index is 11.9. The predicted molar refractivity (Wildman–Crippen MR) is 140 cm³/mol. The molecule has 0 spiro atoms. The molecule has 2 heteroatoms. The van der Waals surface area contributed by atoms with Crippen molar-refractivity contribution >= 4 is 5.97 Å². The number of carbonyl (C=O) groups excluding carboxylic acids is 1. The normalized spacial score (nSPS) is 51.1. The van der Waals surface area contributed by atoms with E-state index in [0.717, 1.165) is 18.3 Å². The average Bonchev–Trinajstić information content (AvgIpc) is 2.72. The molecule has 0 radical (unpaired) electrons. The molecule has 0 unspecified atom stereocenters. The third-order valence-electron chi connectivity index (χ3n) is 13.3. The smallest absolute Gasteiger partial charge is 0.302 e. The maximum absolute atomic E-state index is 11.9. The Morgan fingerprint density at radius 1 is 0.853 bits per heavy atom. The molecular weight excluding hydrogens is 416 g/mol. The number of hydrogen-bond acceptors (Lipinski definition) is 2. The summed E-state index contributed by atoms with van der Waals surface area (Å²) < 4.78 is 5.91. The fourth-order valence-corrected chi connectivity index (χ4v) is 10.9. The molecule has 0 amide bonds. The van der Waals surface area contributed by atoms with Gasteiger partial charge < -0.3 is 4.74 Å². The minimum absolute atomic E-state index is 0.0451. The molecule has 0 aromatic rings. The summed E-state index contributed by atoms with van der Waals surface area (Å²) in [5.74, 6) is 2.01. The molecule has 192 valence electrons. The fraction of sp³-hybridized carbons (Fsp3) is 0.906. The number of carbonyl (C=O) groups is 1. The van der Waals surface area contributed by atoms with Crippen LogP contribution in [0.4, 0.5) is 0 Å². The van der Waals surface area contributed by atoms with Gasteiger partial charge in [0.2, 0.25) is 0 Å². The summed E-state index contributed by atoms with van der Waals surface area (Å²) in [6.45, 7) is 22.0. The van der Waals surface area contributed by atoms with Crippen molar-refractivity contribution in [1.29, 1.82) is 0 Å². The zero-order valence-electron chi connectivity index (χ0n) is 23.8. The first-order chi connectivity index (χ1) is 15.6. The largest absolute Gasteiger partial charge is 0.462 e. The van der Waals surface area contributed by atoms with E-state index in [2.05, 4.69) is 61.5 Å². The Morgan fingerprint density at radius 2 is 1.53 bits per heavy atom. The van der Waals surface area contributed by atoms with Gasteiger partial charge in [-0.2, -0.15) is 0 Å². The SMILES string of the molecule is CC(=O)O[C@H]1CC[C@]2(C)[C@H]3CC=C4[C@@H]5CC(C)(C)CC[C@@]5(C)CC[C@@]4(C)[C@]3(C)CC[C@H]2C1(C)C. The Labute approximate surface area is 210 Å². The Morgan fingerprint density at radius 3 is 2.21 bits per heavy atom. The molecule has 0 aromatic heterocycles. The van der Waals surface area contributed by atoms with Gasteiger partial charge >= 0.3 is 5.97 Å². The van der Waals surface area contributed by atoms with Crippen molar-refractivity contribution in [1.82, 2.24) is 0 Å². The fourth-order valence-electron chi connectivity index (χ4n) is 10.9. The van der Waals surface area contributed by atoms with E-state index < -0.39 is 0 Å². The van der Waals surface area contributed by atoms with Crippen LogP contribution in [0.3, 0.4) is 0 Å². The van der Waals surface area contributed by atoms with Crippen molar-refractivity contribution in [3.63, 3.8) is 0 Å². The van der Waals surface area contributed by atoms with Gasteiger partial charge in [0.25, 0.3) is 0 Å². The van der Waals surface area contributed by atoms with Crippen LogP contribution in [-0.2, 0) is 9.53 Å². The summed E-state index contributed by atoms with van der Waals surface area (Å²) in [5, 5.41) is 0. The topological polar surface area (TPSA) is 26.3 Å². The van der Waals surface area contributed by atoms with Crippen molar-refractivity contribution in [2.75, 3.05) is 0 Å². The summed E-state index contributed by atoms with van der Waals surface area (Å²) in [6.07, 6.45) is 15.9. The highest BCUT2D eigenvalue weighted by Gasteiger charge is 2.68. The first-order valence-electron chi connectivity index (χ1n) is 14.5. The molecule has 4 saturated carbocycles. The van der Waals surface area contributed by atoms with Crippen molar-refractivity contribution in [2.45, 2.75) is 133 Å². The molecule has 0 N–H and O–H groups in total. The van der Waals surface area contributed by atoms with Crippen LogP contribution in [0.25, 0.3) is 0 Å². The number of rotatable bonds is 1. The first kappa shape index (κ1) is 24.9. The first-order valence-corrected chi connectivity index (χ1v) is 14.5. The lowest BCUT2D eigenvalue weighted by Gasteiger charge is -2.71. The lowest BCUT2D eigenvalue weighted by molar-refractivity contribution is -0.211. The maximum Gasteiger partial charge on any atom is 0.302 e. The third kappa shape index (κ3) is 3.21. The number of ether oxygens (including phenoxy) is 1. The monoisotopic (exact) mass is 468 g/mol. The van der Waals surface area contributed by atoms with Crippen molar-refractivity contribution in [3.05, 3.63) is 11.6 Å². The zero-order valence-corrected chi connectivity index (χ0v) is 23.8. The molecule has 0 aliphatic heterocycles. The van der Waals surface area contributed by atoms with Crippen LogP contribution in [0.15, 0.2) is 11.6 Å². The van der Waals surface area contributed by atoms with Crippen molar-refractivity contribution in [3.8, 4) is 0 Å². The molecular formula is C32H52O2. The lowest BCUT2D eigenvalue weighted by atomic mass is 9.33. The molecule has 0 aromatic carbocycles. The molecule has 5 rings (SSSR count). The van der Waals surface area contributed by atoms with Gasteiger partial charge in [-0.3, -0.25) is 4.79 Å². The van der Waals surface area contributed by atoms with Gasteiger partial charge in [-0.1, -0.05) is 67.0 Å². The number of hydrogen-bond donors (Lipinski definition) is 0. The van der Waals surface area contributed by atoms with Crippen LogP contribution in [0.1, 0.15) is 127 Å². The highest BCUT2D eigenvalue weighted by Crippen LogP contribution is 2.75. The minimum Gasteiger partial charge on any atom is -0.462 e. The van der Waals surface area contributed by atoms with Crippen LogP contribution in [-0.4, -0.2) is 12.1 Å². The van der Waals surface area contributed by atoms with Gasteiger partial charge in [0.1, 0.15) is 6.10 Å². The predicted octanol–water partition coefficient (Wildman–Crippen LogP) is 8.74. The summed E-state index contributed by atoms with van der Waals surface area (Å²) in [7, 11) is 0. The summed E-state index contributed by atoms with van der Waals surface area (Å²) in [6, 6.07) is 0. The molecule has 0 bridgehead atoms. The summed E-state index contributed by atoms with van der Waals surface area (Å²) in [5.41, 5.74) is 3.92.